The molecule has 0 rings (SSSR count). The first-order valence-electron chi connectivity index (χ1n) is 2.05. The quantitative estimate of drug-likeness (QED) is 0.445. The van der Waals surface area contributed by atoms with E-state index < -0.39 is 15.3 Å². The zero-order valence-corrected chi connectivity index (χ0v) is 6.00. The summed E-state index contributed by atoms with van der Waals surface area (Å²) in [6, 6.07) is 0. The third kappa shape index (κ3) is 3.23. The Morgan fingerprint density at radius 2 is 2.12 bits per heavy atom. The van der Waals surface area contributed by atoms with Crippen molar-refractivity contribution in [2.24, 2.45) is 0 Å². The van der Waals surface area contributed by atoms with E-state index in [9.17, 15) is 8.42 Å². The van der Waals surface area contributed by atoms with Gasteiger partial charge in [-0.2, -0.15) is 8.42 Å². The first kappa shape index (κ1) is 8.20. The highest BCUT2D eigenvalue weighted by molar-refractivity contribution is 7.87. The number of hydrogen-bond acceptors (Lipinski definition) is 3. The number of halogens is 1. The van der Waals surface area contributed by atoms with Crippen molar-refractivity contribution in [3.8, 4) is 0 Å². The molecular weight excluding hydrogens is 152 g/mol. The summed E-state index contributed by atoms with van der Waals surface area (Å²) in [6.07, 6.45) is 0. The van der Waals surface area contributed by atoms with Gasteiger partial charge in [0.2, 0.25) is 0 Å². The lowest BCUT2D eigenvalue weighted by Crippen LogP contribution is -2.05. The molecule has 0 atom stereocenters. The van der Waals surface area contributed by atoms with E-state index in [1.165, 1.54) is 0 Å². The van der Waals surface area contributed by atoms with Crippen LogP contribution in [0.15, 0.2) is 0 Å². The smallest absolute Gasteiger partial charge is 0.269 e. The largest absolute Gasteiger partial charge is 0.281 e. The summed E-state index contributed by atoms with van der Waals surface area (Å²) in [6.45, 7) is 1.74. The molecular formula is C3H7ClO3S. The van der Waals surface area contributed by atoms with Crippen LogP contribution in [0.4, 0.5) is 0 Å². The molecule has 0 spiro atoms. The predicted octanol–water partition coefficient (Wildman–Crippen LogP) is 0.549. The molecule has 0 aromatic carbocycles. The standard InChI is InChI=1S/C3H7ClO3S/c1-2-7-8(5,6)3-4/h2-3H2,1H3. The van der Waals surface area contributed by atoms with Gasteiger partial charge in [0.05, 0.1) is 6.61 Å². The van der Waals surface area contributed by atoms with Crippen molar-refractivity contribution in [2.75, 3.05) is 11.8 Å². The molecule has 0 amide bonds. The first-order chi connectivity index (χ1) is 3.62. The second-order valence-electron chi connectivity index (χ2n) is 1.07. The maximum atomic E-state index is 10.2. The molecule has 0 aromatic rings. The van der Waals surface area contributed by atoms with Crippen LogP contribution in [0.1, 0.15) is 6.92 Å². The number of rotatable bonds is 3. The molecule has 0 saturated heterocycles. The van der Waals surface area contributed by atoms with Crippen LogP contribution in [0, 0.1) is 0 Å². The summed E-state index contributed by atoms with van der Waals surface area (Å²) < 4.78 is 24.7. The molecule has 5 heteroatoms. The molecule has 0 aliphatic heterocycles. The number of alkyl halides is 1. The Kier molecular flexibility index (Phi) is 3.35. The minimum atomic E-state index is -3.40. The van der Waals surface area contributed by atoms with E-state index in [2.05, 4.69) is 4.18 Å². The molecule has 50 valence electrons. The minimum Gasteiger partial charge on any atom is -0.269 e. The molecule has 0 unspecified atom stereocenters. The van der Waals surface area contributed by atoms with E-state index in [0.29, 0.717) is 0 Å². The molecule has 0 aromatic heterocycles. The summed E-state index contributed by atoms with van der Waals surface area (Å²) in [5, 5.41) is -0.471. The van der Waals surface area contributed by atoms with Gasteiger partial charge in [-0.1, -0.05) is 0 Å². The van der Waals surface area contributed by atoms with Crippen molar-refractivity contribution in [1.82, 2.24) is 0 Å². The van der Waals surface area contributed by atoms with Crippen LogP contribution >= 0.6 is 11.6 Å². The second-order valence-corrected chi connectivity index (χ2v) is 3.30. The molecule has 3 nitrogen and oxygen atoms in total. The van der Waals surface area contributed by atoms with Gasteiger partial charge in [-0.05, 0) is 6.92 Å². The molecule has 0 bridgehead atoms. The van der Waals surface area contributed by atoms with Gasteiger partial charge >= 0.3 is 0 Å². The topological polar surface area (TPSA) is 43.4 Å². The van der Waals surface area contributed by atoms with Crippen LogP contribution in [-0.2, 0) is 14.3 Å². The van der Waals surface area contributed by atoms with Crippen molar-refractivity contribution < 1.29 is 12.6 Å². The van der Waals surface area contributed by atoms with Gasteiger partial charge < -0.3 is 0 Å². The van der Waals surface area contributed by atoms with Crippen LogP contribution in [0.3, 0.4) is 0 Å². The fourth-order valence-corrected chi connectivity index (χ4v) is 0.822. The summed E-state index contributed by atoms with van der Waals surface area (Å²) in [4.78, 5) is 0. The average Bonchev–Trinajstić information content (AvgIpc) is 1.67. The summed E-state index contributed by atoms with van der Waals surface area (Å²) >= 11 is 4.96. The van der Waals surface area contributed by atoms with E-state index in [0.717, 1.165) is 0 Å². The SMILES string of the molecule is CCOS(=O)(=O)CCl. The van der Waals surface area contributed by atoms with E-state index in [1.807, 2.05) is 0 Å². The summed E-state index contributed by atoms with van der Waals surface area (Å²) in [7, 11) is -3.40. The fourth-order valence-electron chi connectivity index (χ4n) is 0.211. The molecule has 0 radical (unpaired) electrons. The van der Waals surface area contributed by atoms with Crippen molar-refractivity contribution in [1.29, 1.82) is 0 Å². The Morgan fingerprint density at radius 1 is 1.62 bits per heavy atom. The average molecular weight is 159 g/mol. The Bertz CT molecular complexity index is 139. The van der Waals surface area contributed by atoms with Crippen LogP contribution < -0.4 is 0 Å². The molecule has 0 N–H and O–H groups in total. The van der Waals surface area contributed by atoms with Crippen molar-refractivity contribution >= 4 is 21.7 Å². The van der Waals surface area contributed by atoms with Gasteiger partial charge in [-0.25, -0.2) is 0 Å². The molecule has 0 saturated carbocycles. The molecule has 0 fully saturated rings. The Hall–Kier alpha value is 0.200. The molecule has 0 aliphatic rings. The van der Waals surface area contributed by atoms with Gasteiger partial charge in [0.1, 0.15) is 5.21 Å². The van der Waals surface area contributed by atoms with E-state index in [1.54, 1.807) is 6.92 Å². The van der Waals surface area contributed by atoms with Crippen molar-refractivity contribution in [3.63, 3.8) is 0 Å². The van der Waals surface area contributed by atoms with Crippen LogP contribution in [-0.4, -0.2) is 20.2 Å². The lowest BCUT2D eigenvalue weighted by atomic mass is 10.9. The lowest BCUT2D eigenvalue weighted by Gasteiger charge is -1.94. The highest BCUT2D eigenvalue weighted by Gasteiger charge is 2.04. The van der Waals surface area contributed by atoms with Gasteiger partial charge in [0, 0.05) is 0 Å². The third-order valence-electron chi connectivity index (χ3n) is 0.431. The zero-order chi connectivity index (χ0) is 6.62. The van der Waals surface area contributed by atoms with E-state index in [-0.39, 0.29) is 6.61 Å². The number of hydrogen-bond donors (Lipinski definition) is 0. The lowest BCUT2D eigenvalue weighted by molar-refractivity contribution is 0.341. The molecule has 8 heavy (non-hydrogen) atoms. The van der Waals surface area contributed by atoms with Gasteiger partial charge in [0.15, 0.2) is 0 Å². The van der Waals surface area contributed by atoms with Gasteiger partial charge in [-0.3, -0.25) is 4.18 Å². The Morgan fingerprint density at radius 3 is 2.25 bits per heavy atom. The third-order valence-corrected chi connectivity index (χ3v) is 2.09. The van der Waals surface area contributed by atoms with Crippen LogP contribution in [0.25, 0.3) is 0 Å². The molecule has 0 heterocycles. The zero-order valence-electron chi connectivity index (χ0n) is 4.43. The molecule has 0 aliphatic carbocycles. The summed E-state index contributed by atoms with van der Waals surface area (Å²) in [5.41, 5.74) is 0. The minimum absolute atomic E-state index is 0.148. The van der Waals surface area contributed by atoms with Gasteiger partial charge in [-0.15, -0.1) is 11.6 Å². The van der Waals surface area contributed by atoms with Crippen LogP contribution in [0.2, 0.25) is 0 Å². The Balaban J connectivity index is 3.76. The van der Waals surface area contributed by atoms with E-state index >= 15 is 0 Å². The van der Waals surface area contributed by atoms with Crippen molar-refractivity contribution in [3.05, 3.63) is 0 Å². The first-order valence-corrected chi connectivity index (χ1v) is 4.16. The highest BCUT2D eigenvalue weighted by atomic mass is 35.5. The van der Waals surface area contributed by atoms with Crippen LogP contribution in [0.5, 0.6) is 0 Å². The second kappa shape index (κ2) is 3.27. The van der Waals surface area contributed by atoms with Gasteiger partial charge in [0.25, 0.3) is 10.1 Å². The maximum Gasteiger partial charge on any atom is 0.281 e. The monoisotopic (exact) mass is 158 g/mol. The van der Waals surface area contributed by atoms with E-state index in [4.69, 9.17) is 11.6 Å². The Labute approximate surface area is 53.7 Å². The highest BCUT2D eigenvalue weighted by Crippen LogP contribution is 1.93. The van der Waals surface area contributed by atoms with Crippen molar-refractivity contribution in [2.45, 2.75) is 6.92 Å². The normalized spacial score (nSPS) is 11.8. The predicted molar refractivity (Wildman–Crippen MR) is 31.3 cm³/mol. The maximum absolute atomic E-state index is 10.2. The summed E-state index contributed by atoms with van der Waals surface area (Å²) in [5.74, 6) is 0. The fraction of sp³-hybridized carbons (Fsp3) is 1.00.